The Labute approximate surface area is 176 Å². The van der Waals surface area contributed by atoms with Gasteiger partial charge in [0.1, 0.15) is 11.9 Å². The lowest BCUT2D eigenvalue weighted by Crippen LogP contribution is -2.52. The van der Waals surface area contributed by atoms with E-state index in [9.17, 15) is 4.79 Å². The average Bonchev–Trinajstić information content (AvgIpc) is 3.11. The molecule has 1 heterocycles. The molecule has 0 saturated carbocycles. The van der Waals surface area contributed by atoms with Crippen LogP contribution in [0.2, 0.25) is 0 Å². The number of carbonyl (C=O) groups excluding carboxylic acids is 1. The third-order valence-corrected chi connectivity index (χ3v) is 4.88. The van der Waals surface area contributed by atoms with Gasteiger partial charge in [-0.1, -0.05) is 24.3 Å². The lowest BCUT2D eigenvalue weighted by Gasteiger charge is -2.27. The molecule has 0 unspecified atom stereocenters. The van der Waals surface area contributed by atoms with E-state index in [1.165, 1.54) is 0 Å². The van der Waals surface area contributed by atoms with Crippen LogP contribution in [-0.4, -0.2) is 41.8 Å². The van der Waals surface area contributed by atoms with Gasteiger partial charge in [0, 0.05) is 25.0 Å². The molecule has 1 aliphatic heterocycles. The number of hydrogen-bond acceptors (Lipinski definition) is 6. The number of anilines is 1. The highest BCUT2D eigenvalue weighted by Crippen LogP contribution is 2.32. The molecule has 158 valence electrons. The van der Waals surface area contributed by atoms with E-state index < -0.39 is 11.6 Å². The summed E-state index contributed by atoms with van der Waals surface area (Å²) in [7, 11) is 0. The molecule has 1 aliphatic rings. The molecule has 2 aromatic rings. The minimum absolute atomic E-state index is 0.0905. The molecule has 3 N–H and O–H groups in total. The number of hydrogen-bond donors (Lipinski definition) is 3. The number of aliphatic hydroxyl groups excluding tert-OH is 1. The number of amides is 1. The Morgan fingerprint density at radius 3 is 2.67 bits per heavy atom. The molecule has 2 aromatic carbocycles. The largest absolute Gasteiger partial charge is 0.494 e. The number of hydrazine groups is 1. The molecular formula is C23H27N3O4. The van der Waals surface area contributed by atoms with Crippen LogP contribution in [0.5, 0.6) is 5.75 Å². The fourth-order valence-electron chi connectivity index (χ4n) is 3.16. The molecule has 0 bridgehead atoms. The van der Waals surface area contributed by atoms with Crippen molar-refractivity contribution in [3.8, 4) is 5.75 Å². The lowest BCUT2D eigenvalue weighted by atomic mass is 9.90. The number of carbonyl (C=O) groups is 1. The van der Waals surface area contributed by atoms with Gasteiger partial charge in [0.15, 0.2) is 5.54 Å². The lowest BCUT2D eigenvalue weighted by molar-refractivity contribution is -0.127. The number of rotatable bonds is 10. The van der Waals surface area contributed by atoms with E-state index in [0.29, 0.717) is 31.1 Å². The van der Waals surface area contributed by atoms with E-state index in [0.717, 1.165) is 11.3 Å². The first-order chi connectivity index (χ1) is 14.6. The minimum Gasteiger partial charge on any atom is -0.494 e. The molecule has 0 spiro atoms. The second kappa shape index (κ2) is 9.93. The number of para-hydroxylation sites is 1. The summed E-state index contributed by atoms with van der Waals surface area (Å²) in [4.78, 5) is 17.7. The van der Waals surface area contributed by atoms with E-state index >= 15 is 0 Å². The Hall–Kier alpha value is -3.32. The van der Waals surface area contributed by atoms with Crippen molar-refractivity contribution in [1.82, 2.24) is 5.43 Å². The van der Waals surface area contributed by atoms with Crippen molar-refractivity contribution in [3.05, 3.63) is 72.8 Å². The van der Waals surface area contributed by atoms with Crippen LogP contribution in [-0.2, 0) is 9.53 Å². The van der Waals surface area contributed by atoms with E-state index in [1.54, 1.807) is 6.08 Å². The minimum atomic E-state index is -1.12. The van der Waals surface area contributed by atoms with Crippen LogP contribution in [0.3, 0.4) is 0 Å². The normalized spacial score (nSPS) is 20.1. The van der Waals surface area contributed by atoms with Crippen LogP contribution in [0.25, 0.3) is 0 Å². The molecule has 7 heteroatoms. The Kier molecular flexibility index (Phi) is 7.08. The van der Waals surface area contributed by atoms with E-state index in [4.69, 9.17) is 14.6 Å². The number of benzene rings is 2. The molecule has 3 rings (SSSR count). The van der Waals surface area contributed by atoms with Gasteiger partial charge in [-0.25, -0.2) is 4.99 Å². The van der Waals surface area contributed by atoms with Gasteiger partial charge in [0.2, 0.25) is 5.90 Å². The summed E-state index contributed by atoms with van der Waals surface area (Å²) in [6.45, 7) is 6.15. The van der Waals surface area contributed by atoms with Gasteiger partial charge >= 0.3 is 0 Å². The zero-order valence-corrected chi connectivity index (χ0v) is 17.0. The van der Waals surface area contributed by atoms with Gasteiger partial charge in [-0.05, 0) is 43.3 Å². The number of nitrogens with one attached hydrogen (secondary N) is 2. The fraction of sp³-hybridized carbons (Fsp3) is 0.304. The van der Waals surface area contributed by atoms with Gasteiger partial charge in [0.05, 0.1) is 12.3 Å². The topological polar surface area (TPSA) is 92.2 Å². The van der Waals surface area contributed by atoms with Gasteiger partial charge in [-0.15, -0.1) is 6.58 Å². The Morgan fingerprint density at radius 2 is 2.00 bits per heavy atom. The molecule has 0 saturated heterocycles. The van der Waals surface area contributed by atoms with Crippen LogP contribution >= 0.6 is 0 Å². The molecule has 7 nitrogen and oxygen atoms in total. The summed E-state index contributed by atoms with van der Waals surface area (Å²) in [6, 6.07) is 16.7. The molecule has 0 aliphatic carbocycles. The highest BCUT2D eigenvalue weighted by molar-refractivity contribution is 6.01. The van der Waals surface area contributed by atoms with Crippen molar-refractivity contribution in [3.63, 3.8) is 0 Å². The van der Waals surface area contributed by atoms with E-state index in [1.807, 2.05) is 61.5 Å². The van der Waals surface area contributed by atoms with Crippen molar-refractivity contribution in [2.45, 2.75) is 31.4 Å². The van der Waals surface area contributed by atoms with Crippen LogP contribution in [0.1, 0.15) is 25.3 Å². The fourth-order valence-corrected chi connectivity index (χ4v) is 3.16. The van der Waals surface area contributed by atoms with Crippen molar-refractivity contribution < 1.29 is 19.4 Å². The summed E-state index contributed by atoms with van der Waals surface area (Å²) < 4.78 is 11.5. The molecular weight excluding hydrogens is 382 g/mol. The second-order valence-electron chi connectivity index (χ2n) is 6.99. The maximum absolute atomic E-state index is 13.1. The maximum atomic E-state index is 13.1. The summed E-state index contributed by atoms with van der Waals surface area (Å²) >= 11 is 0. The van der Waals surface area contributed by atoms with Crippen molar-refractivity contribution >= 4 is 17.5 Å². The molecule has 2 atom stereocenters. The predicted octanol–water partition coefficient (Wildman–Crippen LogP) is 3.07. The quantitative estimate of drug-likeness (QED) is 0.319. The molecule has 0 fully saturated rings. The Bertz CT molecular complexity index is 883. The van der Waals surface area contributed by atoms with Crippen molar-refractivity contribution in [2.75, 3.05) is 18.6 Å². The molecule has 30 heavy (non-hydrogen) atoms. The third-order valence-electron chi connectivity index (χ3n) is 4.88. The van der Waals surface area contributed by atoms with Crippen LogP contribution < -0.4 is 15.6 Å². The number of aliphatic hydroxyl groups is 1. The SMILES string of the molecule is C=CC[C@]1(C(=O)NNc2ccccc2)N=C(c2ccc(OCCCO)cc2)O[C@H]1C. The monoisotopic (exact) mass is 409 g/mol. The van der Waals surface area contributed by atoms with Crippen LogP contribution in [0.4, 0.5) is 5.69 Å². The third kappa shape index (κ3) is 4.80. The van der Waals surface area contributed by atoms with Crippen molar-refractivity contribution in [2.24, 2.45) is 4.99 Å². The molecule has 0 radical (unpaired) electrons. The van der Waals surface area contributed by atoms with E-state index in [2.05, 4.69) is 22.4 Å². The highest BCUT2D eigenvalue weighted by atomic mass is 16.5. The average molecular weight is 409 g/mol. The van der Waals surface area contributed by atoms with Crippen LogP contribution in [0, 0.1) is 0 Å². The van der Waals surface area contributed by atoms with Crippen molar-refractivity contribution in [1.29, 1.82) is 0 Å². The van der Waals surface area contributed by atoms with E-state index in [-0.39, 0.29) is 12.5 Å². The summed E-state index contributed by atoms with van der Waals surface area (Å²) in [5, 5.41) is 8.84. The molecule has 1 amide bonds. The zero-order valence-electron chi connectivity index (χ0n) is 17.0. The first-order valence-corrected chi connectivity index (χ1v) is 9.92. The Morgan fingerprint density at radius 1 is 1.27 bits per heavy atom. The van der Waals surface area contributed by atoms with Gasteiger partial charge in [-0.2, -0.15) is 0 Å². The summed E-state index contributed by atoms with van der Waals surface area (Å²) in [6.07, 6.45) is 2.11. The first kappa shape index (κ1) is 21.4. The van der Waals surface area contributed by atoms with Gasteiger partial charge in [0.25, 0.3) is 5.91 Å². The second-order valence-corrected chi connectivity index (χ2v) is 6.99. The maximum Gasteiger partial charge on any atom is 0.270 e. The first-order valence-electron chi connectivity index (χ1n) is 9.92. The van der Waals surface area contributed by atoms with Crippen LogP contribution in [0.15, 0.2) is 72.2 Å². The summed E-state index contributed by atoms with van der Waals surface area (Å²) in [5.41, 5.74) is 6.07. The van der Waals surface area contributed by atoms with Gasteiger partial charge < -0.3 is 14.6 Å². The number of ether oxygens (including phenoxy) is 2. The van der Waals surface area contributed by atoms with Gasteiger partial charge in [-0.3, -0.25) is 15.6 Å². The standard InChI is InChI=1S/C23H27N3O4/c1-3-14-23(22(28)26-25-19-8-5-4-6-9-19)17(2)30-21(24-23)18-10-12-20(13-11-18)29-16-7-15-27/h3-6,8-13,17,25,27H,1,7,14-16H2,2H3,(H,26,28)/t17-,23-/m0/s1. The smallest absolute Gasteiger partial charge is 0.270 e. The number of aliphatic imine (C=N–C) groups is 1. The zero-order chi connectivity index (χ0) is 21.4. The highest BCUT2D eigenvalue weighted by Gasteiger charge is 2.49. The molecule has 0 aromatic heterocycles. The summed E-state index contributed by atoms with van der Waals surface area (Å²) in [5.74, 6) is 0.805. The number of nitrogens with zero attached hydrogens (tertiary/aromatic N) is 1. The Balaban J connectivity index is 1.75. The predicted molar refractivity (Wildman–Crippen MR) is 116 cm³/mol.